The van der Waals surface area contributed by atoms with E-state index in [0.717, 1.165) is 4.90 Å². The Morgan fingerprint density at radius 2 is 1.79 bits per heavy atom. The van der Waals surface area contributed by atoms with Crippen LogP contribution in [0.2, 0.25) is 0 Å². The van der Waals surface area contributed by atoms with Crippen molar-refractivity contribution >= 4 is 28.3 Å². The molecule has 0 spiro atoms. The molecule has 1 aromatic carbocycles. The number of nitrogens with one attached hydrogen (secondary N) is 1. The first-order valence-corrected chi connectivity index (χ1v) is 6.87. The molecule has 1 heterocycles. The van der Waals surface area contributed by atoms with Crippen LogP contribution in [0.25, 0.3) is 0 Å². The average Bonchev–Trinajstić information content (AvgIpc) is 2.57. The van der Waals surface area contributed by atoms with E-state index in [-0.39, 0.29) is 16.5 Å². The zero-order valence-corrected chi connectivity index (χ0v) is 10.8. The number of nitrogens with zero attached hydrogens (tertiary/aromatic N) is 1. The quantitative estimate of drug-likeness (QED) is 0.614. The van der Waals surface area contributed by atoms with E-state index in [4.69, 9.17) is 5.14 Å². The van der Waals surface area contributed by atoms with Gasteiger partial charge in [-0.05, 0) is 24.3 Å². The van der Waals surface area contributed by atoms with Crippen molar-refractivity contribution in [3.05, 3.63) is 36.0 Å². The standard InChI is InChI=1S/C11H13N3O4S/c1-14-10(15)6-9(11(14)16)13-7-2-4-8(5-3-7)19(12,17)18/h2-6,13,17-18H,12H2,1H3. The van der Waals surface area contributed by atoms with Crippen LogP contribution < -0.4 is 10.5 Å². The van der Waals surface area contributed by atoms with Gasteiger partial charge in [0.05, 0.1) is 4.90 Å². The fraction of sp³-hybridized carbons (Fsp3) is 0.0909. The minimum atomic E-state index is -3.25. The lowest BCUT2D eigenvalue weighted by Crippen LogP contribution is -2.27. The highest BCUT2D eigenvalue weighted by Gasteiger charge is 2.27. The smallest absolute Gasteiger partial charge is 0.277 e. The summed E-state index contributed by atoms with van der Waals surface area (Å²) in [4.78, 5) is 24.1. The van der Waals surface area contributed by atoms with Crippen molar-refractivity contribution in [1.82, 2.24) is 4.90 Å². The lowest BCUT2D eigenvalue weighted by atomic mass is 10.3. The summed E-state index contributed by atoms with van der Waals surface area (Å²) in [6.45, 7) is 0. The normalized spacial score (nSPS) is 16.6. The van der Waals surface area contributed by atoms with Crippen LogP contribution in [0.15, 0.2) is 40.9 Å². The van der Waals surface area contributed by atoms with Crippen molar-refractivity contribution in [2.45, 2.75) is 4.90 Å². The highest BCUT2D eigenvalue weighted by atomic mass is 32.3. The summed E-state index contributed by atoms with van der Waals surface area (Å²) in [5, 5.41) is 7.97. The van der Waals surface area contributed by atoms with Gasteiger partial charge in [-0.3, -0.25) is 23.6 Å². The zero-order valence-electron chi connectivity index (χ0n) is 10.0. The maximum atomic E-state index is 11.6. The second kappa shape index (κ2) is 4.67. The van der Waals surface area contributed by atoms with Crippen molar-refractivity contribution in [3.8, 4) is 0 Å². The Labute approximate surface area is 111 Å². The third-order valence-corrected chi connectivity index (χ3v) is 3.58. The topological polar surface area (TPSA) is 116 Å². The molecule has 0 saturated heterocycles. The molecule has 0 saturated carbocycles. The molecular formula is C11H13N3O4S. The molecule has 0 fully saturated rings. The van der Waals surface area contributed by atoms with E-state index in [2.05, 4.69) is 5.32 Å². The number of carbonyl (C=O) groups is 2. The maximum Gasteiger partial charge on any atom is 0.277 e. The molecule has 8 heteroatoms. The number of anilines is 1. The first kappa shape index (κ1) is 13.6. The minimum Gasteiger partial charge on any atom is -0.351 e. The van der Waals surface area contributed by atoms with Gasteiger partial charge >= 0.3 is 0 Å². The molecular weight excluding hydrogens is 270 g/mol. The first-order chi connectivity index (χ1) is 8.79. The third kappa shape index (κ3) is 2.76. The number of nitrogens with two attached hydrogens (primary N) is 1. The van der Waals surface area contributed by atoms with E-state index >= 15 is 0 Å². The van der Waals surface area contributed by atoms with Gasteiger partial charge < -0.3 is 5.32 Å². The van der Waals surface area contributed by atoms with Crippen LogP contribution in [0.4, 0.5) is 5.69 Å². The minimum absolute atomic E-state index is 0.166. The number of imide groups is 1. The van der Waals surface area contributed by atoms with Gasteiger partial charge in [-0.15, -0.1) is 10.8 Å². The molecule has 2 rings (SSSR count). The highest BCUT2D eigenvalue weighted by molar-refractivity contribution is 8.22. The molecule has 2 amide bonds. The van der Waals surface area contributed by atoms with Gasteiger partial charge in [-0.2, -0.15) is 0 Å². The zero-order chi connectivity index (χ0) is 14.2. The number of rotatable bonds is 3. The monoisotopic (exact) mass is 283 g/mol. The van der Waals surface area contributed by atoms with Crippen molar-refractivity contribution in [2.75, 3.05) is 12.4 Å². The molecule has 1 aliphatic heterocycles. The molecule has 0 radical (unpaired) electrons. The molecule has 7 nitrogen and oxygen atoms in total. The number of carbonyl (C=O) groups excluding carboxylic acids is 2. The maximum absolute atomic E-state index is 11.6. The van der Waals surface area contributed by atoms with Crippen LogP contribution in [0, 0.1) is 0 Å². The van der Waals surface area contributed by atoms with Crippen molar-refractivity contribution in [1.29, 1.82) is 0 Å². The number of amides is 2. The van der Waals surface area contributed by atoms with Crippen molar-refractivity contribution in [3.63, 3.8) is 0 Å². The van der Waals surface area contributed by atoms with E-state index in [1.807, 2.05) is 0 Å². The molecule has 0 bridgehead atoms. The Morgan fingerprint density at radius 1 is 1.21 bits per heavy atom. The van der Waals surface area contributed by atoms with Crippen molar-refractivity contribution < 1.29 is 18.7 Å². The van der Waals surface area contributed by atoms with Crippen LogP contribution in [-0.2, 0) is 9.59 Å². The summed E-state index contributed by atoms with van der Waals surface area (Å²) < 4.78 is 18.5. The van der Waals surface area contributed by atoms with E-state index in [9.17, 15) is 18.7 Å². The first-order valence-electron chi connectivity index (χ1n) is 5.26. The van der Waals surface area contributed by atoms with E-state index in [1.165, 1.54) is 37.4 Å². The fourth-order valence-corrected chi connectivity index (χ4v) is 2.08. The van der Waals surface area contributed by atoms with Gasteiger partial charge in [0.1, 0.15) is 5.70 Å². The Balaban J connectivity index is 2.15. The molecule has 0 unspecified atom stereocenters. The number of hydrogen-bond acceptors (Lipinski definition) is 6. The molecule has 0 atom stereocenters. The molecule has 102 valence electrons. The van der Waals surface area contributed by atoms with E-state index in [1.54, 1.807) is 0 Å². The molecule has 19 heavy (non-hydrogen) atoms. The van der Waals surface area contributed by atoms with Gasteiger partial charge in [0.2, 0.25) is 0 Å². The SMILES string of the molecule is CN1C(=O)C=C(Nc2ccc(S(N)(O)O)cc2)C1=O. The molecule has 0 aliphatic carbocycles. The largest absolute Gasteiger partial charge is 0.351 e. The average molecular weight is 283 g/mol. The van der Waals surface area contributed by atoms with Crippen LogP contribution >= 0.6 is 10.8 Å². The fourth-order valence-electron chi connectivity index (χ4n) is 1.55. The van der Waals surface area contributed by atoms with E-state index in [0.29, 0.717) is 5.69 Å². The Hall–Kier alpha value is -1.87. The third-order valence-electron chi connectivity index (χ3n) is 2.61. The van der Waals surface area contributed by atoms with Crippen molar-refractivity contribution in [2.24, 2.45) is 5.14 Å². The second-order valence-electron chi connectivity index (χ2n) is 4.00. The van der Waals surface area contributed by atoms with Gasteiger partial charge in [-0.25, -0.2) is 5.14 Å². The summed E-state index contributed by atoms with van der Waals surface area (Å²) in [6, 6.07) is 5.94. The predicted molar refractivity (Wildman–Crippen MR) is 71.2 cm³/mol. The summed E-state index contributed by atoms with van der Waals surface area (Å²) in [5.41, 5.74) is 0.703. The summed E-state index contributed by atoms with van der Waals surface area (Å²) in [7, 11) is -1.86. The predicted octanol–water partition coefficient (Wildman–Crippen LogP) is 0.964. The number of benzene rings is 1. The lowest BCUT2D eigenvalue weighted by Gasteiger charge is -2.26. The number of likely N-dealkylation sites (N-methyl/N-ethyl adjacent to an activating group) is 1. The van der Waals surface area contributed by atoms with Crippen LogP contribution in [0.1, 0.15) is 0 Å². The summed E-state index contributed by atoms with van der Waals surface area (Å²) in [5.74, 6) is -0.808. The molecule has 1 aliphatic rings. The van der Waals surface area contributed by atoms with Gasteiger partial charge in [-0.1, -0.05) is 0 Å². The Bertz CT molecular complexity index is 562. The Kier molecular flexibility index (Phi) is 3.33. The molecule has 5 N–H and O–H groups in total. The van der Waals surface area contributed by atoms with Gasteiger partial charge in [0.15, 0.2) is 0 Å². The molecule has 0 aromatic heterocycles. The van der Waals surface area contributed by atoms with Gasteiger partial charge in [0, 0.05) is 18.8 Å². The summed E-state index contributed by atoms with van der Waals surface area (Å²) in [6.07, 6.45) is 1.20. The van der Waals surface area contributed by atoms with Crippen LogP contribution in [-0.4, -0.2) is 32.9 Å². The van der Waals surface area contributed by atoms with Gasteiger partial charge in [0.25, 0.3) is 11.8 Å². The van der Waals surface area contributed by atoms with E-state index < -0.39 is 16.7 Å². The summed E-state index contributed by atoms with van der Waals surface area (Å²) >= 11 is 0. The second-order valence-corrected chi connectivity index (χ2v) is 5.66. The van der Waals surface area contributed by atoms with Crippen LogP contribution in [0.3, 0.4) is 0 Å². The lowest BCUT2D eigenvalue weighted by molar-refractivity contribution is -0.135. The van der Waals surface area contributed by atoms with Crippen LogP contribution in [0.5, 0.6) is 0 Å². The number of hydrogen-bond donors (Lipinski definition) is 4. The highest BCUT2D eigenvalue weighted by Crippen LogP contribution is 2.39. The Morgan fingerprint density at radius 3 is 2.21 bits per heavy atom. The molecule has 1 aromatic rings.